The second kappa shape index (κ2) is 11.8. The number of amides is 2. The fraction of sp³-hybridized carbons (Fsp3) is 0.158. The van der Waals surface area contributed by atoms with Crippen LogP contribution in [0.15, 0.2) is 46.6 Å². The van der Waals surface area contributed by atoms with Gasteiger partial charge in [-0.1, -0.05) is 70.7 Å². The fourth-order valence-electron chi connectivity index (χ4n) is 2.11. The lowest BCUT2D eigenvalue weighted by molar-refractivity contribution is -0.122. The van der Waals surface area contributed by atoms with Crippen molar-refractivity contribution in [3.63, 3.8) is 0 Å². The zero-order valence-electron chi connectivity index (χ0n) is 15.0. The molecule has 0 radical (unpaired) electrons. The highest BCUT2D eigenvalue weighted by molar-refractivity contribution is 6.44. The molecule has 0 saturated heterocycles. The molecule has 10 heteroatoms. The molecule has 29 heavy (non-hydrogen) atoms. The third kappa shape index (κ3) is 7.66. The van der Waals surface area contributed by atoms with Gasteiger partial charge < -0.3 is 0 Å². The van der Waals surface area contributed by atoms with Crippen molar-refractivity contribution < 1.29 is 9.59 Å². The second-order valence-electron chi connectivity index (χ2n) is 5.73. The molecule has 152 valence electrons. The SMILES string of the molecule is O=C(CCCC(=O)NN=Cc1cccc(Cl)c1Cl)NN=Cc1cccc(Cl)c1Cl. The second-order valence-corrected chi connectivity index (χ2v) is 7.30. The van der Waals surface area contributed by atoms with Gasteiger partial charge in [-0.15, -0.1) is 0 Å². The van der Waals surface area contributed by atoms with E-state index in [1.54, 1.807) is 36.4 Å². The lowest BCUT2D eigenvalue weighted by atomic mass is 10.2. The number of hydrogen-bond acceptors (Lipinski definition) is 4. The van der Waals surface area contributed by atoms with Gasteiger partial charge in [0, 0.05) is 24.0 Å². The number of nitrogens with zero attached hydrogens (tertiary/aromatic N) is 2. The summed E-state index contributed by atoms with van der Waals surface area (Å²) < 4.78 is 0. The van der Waals surface area contributed by atoms with Gasteiger partial charge in [-0.25, -0.2) is 10.9 Å². The first-order valence-corrected chi connectivity index (χ1v) is 9.91. The topological polar surface area (TPSA) is 82.9 Å². The van der Waals surface area contributed by atoms with E-state index in [1.807, 2.05) is 0 Å². The fourth-order valence-corrected chi connectivity index (χ4v) is 2.82. The lowest BCUT2D eigenvalue weighted by Gasteiger charge is -2.02. The standard InChI is InChI=1S/C19H16Cl4N4O2/c20-14-6-1-4-12(18(14)22)10-24-26-16(28)8-3-9-17(29)27-25-11-13-5-2-7-15(21)19(13)23/h1-2,4-7,10-11H,3,8-9H2,(H,26,28)(H,27,29). The molecule has 6 nitrogen and oxygen atoms in total. The van der Waals surface area contributed by atoms with E-state index in [1.165, 1.54) is 12.4 Å². The molecule has 2 amide bonds. The summed E-state index contributed by atoms with van der Waals surface area (Å²) in [5, 5.41) is 9.14. The van der Waals surface area contributed by atoms with Crippen molar-refractivity contribution in [3.8, 4) is 0 Å². The van der Waals surface area contributed by atoms with Gasteiger partial charge in [-0.2, -0.15) is 10.2 Å². The van der Waals surface area contributed by atoms with Crippen molar-refractivity contribution in [2.75, 3.05) is 0 Å². The molecular formula is C19H16Cl4N4O2. The number of hydrazone groups is 2. The Morgan fingerprint density at radius 2 is 1.17 bits per heavy atom. The zero-order valence-corrected chi connectivity index (χ0v) is 18.0. The molecule has 0 fully saturated rings. The summed E-state index contributed by atoms with van der Waals surface area (Å²) in [5.41, 5.74) is 5.90. The van der Waals surface area contributed by atoms with Crippen molar-refractivity contribution >= 4 is 70.6 Å². The van der Waals surface area contributed by atoms with E-state index in [0.29, 0.717) is 37.6 Å². The highest BCUT2D eigenvalue weighted by Gasteiger charge is 2.06. The van der Waals surface area contributed by atoms with E-state index < -0.39 is 0 Å². The van der Waals surface area contributed by atoms with Crippen LogP contribution in [0.4, 0.5) is 0 Å². The van der Waals surface area contributed by atoms with Gasteiger partial charge in [0.1, 0.15) is 0 Å². The highest BCUT2D eigenvalue weighted by Crippen LogP contribution is 2.24. The minimum Gasteiger partial charge on any atom is -0.273 e. The molecule has 0 aliphatic heterocycles. The molecule has 0 bridgehead atoms. The van der Waals surface area contributed by atoms with Crippen LogP contribution in [-0.2, 0) is 9.59 Å². The van der Waals surface area contributed by atoms with E-state index in [-0.39, 0.29) is 24.7 Å². The largest absolute Gasteiger partial charge is 0.273 e. The van der Waals surface area contributed by atoms with Crippen LogP contribution in [0.2, 0.25) is 20.1 Å². The van der Waals surface area contributed by atoms with Crippen LogP contribution in [0.25, 0.3) is 0 Å². The van der Waals surface area contributed by atoms with Crippen LogP contribution < -0.4 is 10.9 Å². The normalized spacial score (nSPS) is 11.2. The van der Waals surface area contributed by atoms with Crippen LogP contribution in [0, 0.1) is 0 Å². The number of nitrogens with one attached hydrogen (secondary N) is 2. The monoisotopic (exact) mass is 472 g/mol. The Kier molecular flexibility index (Phi) is 9.41. The minimum absolute atomic E-state index is 0.123. The average molecular weight is 474 g/mol. The smallest absolute Gasteiger partial charge is 0.240 e. The molecule has 0 spiro atoms. The Morgan fingerprint density at radius 1 is 0.759 bits per heavy atom. The zero-order chi connectivity index (χ0) is 21.2. The van der Waals surface area contributed by atoms with Gasteiger partial charge in [0.05, 0.1) is 32.5 Å². The van der Waals surface area contributed by atoms with Crippen molar-refractivity contribution in [2.45, 2.75) is 19.3 Å². The summed E-state index contributed by atoms with van der Waals surface area (Å²) in [5.74, 6) is -0.664. The number of rotatable bonds is 8. The van der Waals surface area contributed by atoms with Crippen molar-refractivity contribution in [2.24, 2.45) is 10.2 Å². The van der Waals surface area contributed by atoms with Crippen LogP contribution in [0.1, 0.15) is 30.4 Å². The number of hydrogen-bond donors (Lipinski definition) is 2. The van der Waals surface area contributed by atoms with Crippen LogP contribution in [-0.4, -0.2) is 24.2 Å². The van der Waals surface area contributed by atoms with Crippen molar-refractivity contribution in [3.05, 3.63) is 67.6 Å². The minimum atomic E-state index is -0.332. The number of carbonyl (C=O) groups excluding carboxylic acids is 2. The summed E-state index contributed by atoms with van der Waals surface area (Å²) in [6, 6.07) is 10.2. The Morgan fingerprint density at radius 3 is 1.59 bits per heavy atom. The van der Waals surface area contributed by atoms with E-state index in [0.717, 1.165) is 0 Å². The molecule has 0 aliphatic carbocycles. The third-order valence-corrected chi connectivity index (χ3v) is 5.22. The molecule has 0 aliphatic rings. The van der Waals surface area contributed by atoms with Gasteiger partial charge in [0.15, 0.2) is 0 Å². The van der Waals surface area contributed by atoms with E-state index in [9.17, 15) is 9.59 Å². The van der Waals surface area contributed by atoms with Crippen LogP contribution >= 0.6 is 46.4 Å². The Hall–Kier alpha value is -2.12. The van der Waals surface area contributed by atoms with Crippen molar-refractivity contribution in [1.29, 1.82) is 0 Å². The molecule has 2 rings (SSSR count). The summed E-state index contributed by atoms with van der Waals surface area (Å²) in [4.78, 5) is 23.5. The summed E-state index contributed by atoms with van der Waals surface area (Å²) in [6.45, 7) is 0. The number of carbonyl (C=O) groups is 2. The maximum atomic E-state index is 11.8. The number of halogens is 4. The molecule has 2 aromatic rings. The predicted molar refractivity (Wildman–Crippen MR) is 118 cm³/mol. The van der Waals surface area contributed by atoms with E-state index in [2.05, 4.69) is 21.1 Å². The Balaban J connectivity index is 1.69. The Bertz CT molecular complexity index is 872. The first-order valence-electron chi connectivity index (χ1n) is 8.40. The first kappa shape index (κ1) is 23.2. The molecule has 0 atom stereocenters. The molecule has 2 N–H and O–H groups in total. The molecule has 0 saturated carbocycles. The molecule has 0 aromatic heterocycles. The predicted octanol–water partition coefficient (Wildman–Crippen LogP) is 5.07. The third-order valence-electron chi connectivity index (χ3n) is 3.56. The lowest BCUT2D eigenvalue weighted by Crippen LogP contribution is -2.20. The summed E-state index contributed by atoms with van der Waals surface area (Å²) >= 11 is 23.8. The highest BCUT2D eigenvalue weighted by atomic mass is 35.5. The van der Waals surface area contributed by atoms with Gasteiger partial charge >= 0.3 is 0 Å². The van der Waals surface area contributed by atoms with Crippen molar-refractivity contribution in [1.82, 2.24) is 10.9 Å². The first-order chi connectivity index (χ1) is 13.9. The van der Waals surface area contributed by atoms with Gasteiger partial charge in [0.2, 0.25) is 11.8 Å². The van der Waals surface area contributed by atoms with E-state index >= 15 is 0 Å². The average Bonchev–Trinajstić information content (AvgIpc) is 2.68. The summed E-state index contributed by atoms with van der Waals surface area (Å²) in [7, 11) is 0. The molecule has 0 unspecified atom stereocenters. The molecular weight excluding hydrogens is 458 g/mol. The van der Waals surface area contributed by atoms with Gasteiger partial charge in [-0.3, -0.25) is 9.59 Å². The van der Waals surface area contributed by atoms with E-state index in [4.69, 9.17) is 46.4 Å². The summed E-state index contributed by atoms with van der Waals surface area (Å²) in [6.07, 6.45) is 3.37. The van der Waals surface area contributed by atoms with Crippen LogP contribution in [0.3, 0.4) is 0 Å². The Labute approximate surface area is 187 Å². The number of benzene rings is 2. The maximum Gasteiger partial charge on any atom is 0.240 e. The van der Waals surface area contributed by atoms with Gasteiger partial charge in [-0.05, 0) is 18.6 Å². The quantitative estimate of drug-likeness (QED) is 0.414. The molecule has 2 aromatic carbocycles. The van der Waals surface area contributed by atoms with Gasteiger partial charge in [0.25, 0.3) is 0 Å². The van der Waals surface area contributed by atoms with Crippen LogP contribution in [0.5, 0.6) is 0 Å². The maximum absolute atomic E-state index is 11.8. The molecule has 0 heterocycles.